The van der Waals surface area contributed by atoms with Crippen molar-refractivity contribution in [1.82, 2.24) is 5.32 Å². The van der Waals surface area contributed by atoms with Crippen molar-refractivity contribution in [1.29, 1.82) is 0 Å². The van der Waals surface area contributed by atoms with Crippen molar-refractivity contribution in [2.24, 2.45) is 0 Å². The van der Waals surface area contributed by atoms with Gasteiger partial charge in [0.2, 0.25) is 5.91 Å². The lowest BCUT2D eigenvalue weighted by atomic mass is 9.84. The summed E-state index contributed by atoms with van der Waals surface area (Å²) < 4.78 is 4.79. The number of amides is 1. The Kier molecular flexibility index (Phi) is 4.35. The number of rotatable bonds is 2. The van der Waals surface area contributed by atoms with Crippen molar-refractivity contribution in [3.8, 4) is 0 Å². The standard InChI is InChI=1S/C14H13Cl2NO3/c1-7-13(14(19)20-2)10(6-12(18)17-7)9-5-8(15)3-4-11(9)16/h3-5,10H,6H2,1-2H3,(H,17,18). The zero-order valence-corrected chi connectivity index (χ0v) is 12.5. The van der Waals surface area contributed by atoms with Gasteiger partial charge in [0.05, 0.1) is 12.7 Å². The van der Waals surface area contributed by atoms with Gasteiger partial charge in [0.1, 0.15) is 0 Å². The van der Waals surface area contributed by atoms with Gasteiger partial charge in [-0.15, -0.1) is 0 Å². The van der Waals surface area contributed by atoms with Crippen LogP contribution in [0, 0.1) is 0 Å². The molecule has 0 radical (unpaired) electrons. The molecule has 1 aliphatic rings. The molecule has 0 saturated carbocycles. The van der Waals surface area contributed by atoms with Gasteiger partial charge in [-0.25, -0.2) is 4.79 Å². The highest BCUT2D eigenvalue weighted by molar-refractivity contribution is 6.33. The van der Waals surface area contributed by atoms with Crippen molar-refractivity contribution >= 4 is 35.1 Å². The Hall–Kier alpha value is -1.52. The van der Waals surface area contributed by atoms with Crippen molar-refractivity contribution < 1.29 is 14.3 Å². The summed E-state index contributed by atoms with van der Waals surface area (Å²) in [5.74, 6) is -1.11. The Morgan fingerprint density at radius 3 is 2.75 bits per heavy atom. The number of nitrogens with one attached hydrogen (secondary N) is 1. The predicted molar refractivity (Wildman–Crippen MR) is 76.7 cm³/mol. The summed E-state index contributed by atoms with van der Waals surface area (Å²) in [7, 11) is 1.30. The SMILES string of the molecule is COC(=O)C1=C(C)NC(=O)CC1c1cc(Cl)ccc1Cl. The van der Waals surface area contributed by atoms with E-state index in [0.29, 0.717) is 26.9 Å². The Morgan fingerprint density at radius 1 is 1.40 bits per heavy atom. The van der Waals surface area contributed by atoms with Gasteiger partial charge in [0.25, 0.3) is 0 Å². The molecule has 20 heavy (non-hydrogen) atoms. The molecular formula is C14H13Cl2NO3. The summed E-state index contributed by atoms with van der Waals surface area (Å²) in [4.78, 5) is 23.7. The Bertz CT molecular complexity index is 610. The lowest BCUT2D eigenvalue weighted by Gasteiger charge is -2.26. The molecule has 1 atom stereocenters. The van der Waals surface area contributed by atoms with Crippen LogP contribution in [0.4, 0.5) is 0 Å². The molecule has 1 N–H and O–H groups in total. The molecule has 0 aliphatic carbocycles. The van der Waals surface area contributed by atoms with E-state index in [9.17, 15) is 9.59 Å². The third-order valence-corrected chi connectivity index (χ3v) is 3.79. The van der Waals surface area contributed by atoms with Crippen molar-refractivity contribution in [3.63, 3.8) is 0 Å². The molecule has 106 valence electrons. The number of esters is 1. The van der Waals surface area contributed by atoms with E-state index in [-0.39, 0.29) is 12.3 Å². The number of hydrogen-bond donors (Lipinski definition) is 1. The fourth-order valence-electron chi connectivity index (χ4n) is 2.33. The molecular weight excluding hydrogens is 301 g/mol. The summed E-state index contributed by atoms with van der Waals surface area (Å²) in [5, 5.41) is 3.60. The second-order valence-corrected chi connectivity index (χ2v) is 5.34. The highest BCUT2D eigenvalue weighted by atomic mass is 35.5. The lowest BCUT2D eigenvalue weighted by molar-refractivity contribution is -0.136. The first-order valence-corrected chi connectivity index (χ1v) is 6.73. The van der Waals surface area contributed by atoms with Gasteiger partial charge >= 0.3 is 5.97 Å². The van der Waals surface area contributed by atoms with Crippen LogP contribution in [0.5, 0.6) is 0 Å². The molecule has 6 heteroatoms. The van der Waals surface area contributed by atoms with E-state index >= 15 is 0 Å². The molecule has 0 fully saturated rings. The maximum absolute atomic E-state index is 12.0. The third kappa shape index (κ3) is 2.81. The van der Waals surface area contributed by atoms with Crippen molar-refractivity contribution in [2.75, 3.05) is 7.11 Å². The average Bonchev–Trinajstić information content (AvgIpc) is 2.40. The monoisotopic (exact) mass is 313 g/mol. The fourth-order valence-corrected chi connectivity index (χ4v) is 2.76. The number of benzene rings is 1. The maximum Gasteiger partial charge on any atom is 0.336 e. The number of ether oxygens (including phenoxy) is 1. The molecule has 4 nitrogen and oxygen atoms in total. The number of allylic oxidation sites excluding steroid dienone is 1. The molecule has 0 aromatic heterocycles. The zero-order chi connectivity index (χ0) is 14.9. The molecule has 1 aromatic rings. The van der Waals surface area contributed by atoms with E-state index < -0.39 is 11.9 Å². The summed E-state index contributed by atoms with van der Waals surface area (Å²) in [6.45, 7) is 1.66. The van der Waals surface area contributed by atoms with Gasteiger partial charge in [0.15, 0.2) is 0 Å². The summed E-state index contributed by atoms with van der Waals surface area (Å²) in [6.07, 6.45) is 0.127. The minimum Gasteiger partial charge on any atom is -0.466 e. The van der Waals surface area contributed by atoms with Gasteiger partial charge < -0.3 is 10.1 Å². The van der Waals surface area contributed by atoms with Gasteiger partial charge in [-0.1, -0.05) is 23.2 Å². The van der Waals surface area contributed by atoms with Crippen LogP contribution in [0.25, 0.3) is 0 Å². The zero-order valence-electron chi connectivity index (χ0n) is 11.0. The molecule has 1 aromatic carbocycles. The third-order valence-electron chi connectivity index (χ3n) is 3.21. The maximum atomic E-state index is 12.0. The minimum absolute atomic E-state index is 0.127. The second kappa shape index (κ2) is 5.85. The van der Waals surface area contributed by atoms with Crippen molar-refractivity contribution in [3.05, 3.63) is 45.1 Å². The first-order valence-electron chi connectivity index (χ1n) is 5.98. The topological polar surface area (TPSA) is 55.4 Å². The number of carbonyl (C=O) groups excluding carboxylic acids is 2. The fraction of sp³-hybridized carbons (Fsp3) is 0.286. The van der Waals surface area contributed by atoms with E-state index in [0.717, 1.165) is 0 Å². The molecule has 1 amide bonds. The van der Waals surface area contributed by atoms with Crippen LogP contribution in [0.2, 0.25) is 10.0 Å². The average molecular weight is 314 g/mol. The molecule has 2 rings (SSSR count). The summed E-state index contributed by atoms with van der Waals surface area (Å²) >= 11 is 12.2. The van der Waals surface area contributed by atoms with Crippen LogP contribution in [-0.4, -0.2) is 19.0 Å². The van der Waals surface area contributed by atoms with Crippen LogP contribution in [0.15, 0.2) is 29.5 Å². The van der Waals surface area contributed by atoms with Crippen LogP contribution < -0.4 is 5.32 Å². The highest BCUT2D eigenvalue weighted by Crippen LogP contribution is 2.38. The Morgan fingerprint density at radius 2 is 2.10 bits per heavy atom. The number of carbonyl (C=O) groups is 2. The normalized spacial score (nSPS) is 18.8. The smallest absolute Gasteiger partial charge is 0.336 e. The highest BCUT2D eigenvalue weighted by Gasteiger charge is 2.33. The van der Waals surface area contributed by atoms with Crippen LogP contribution >= 0.6 is 23.2 Å². The largest absolute Gasteiger partial charge is 0.466 e. The van der Waals surface area contributed by atoms with E-state index in [2.05, 4.69) is 5.32 Å². The van der Waals surface area contributed by atoms with Crippen LogP contribution in [0.1, 0.15) is 24.8 Å². The first-order chi connectivity index (χ1) is 9.43. The molecule has 1 unspecified atom stereocenters. The van der Waals surface area contributed by atoms with E-state index in [1.165, 1.54) is 7.11 Å². The Labute approximate surface area is 126 Å². The molecule has 1 aliphatic heterocycles. The van der Waals surface area contributed by atoms with Crippen molar-refractivity contribution in [2.45, 2.75) is 19.3 Å². The second-order valence-electron chi connectivity index (χ2n) is 4.50. The van der Waals surface area contributed by atoms with Crippen LogP contribution in [-0.2, 0) is 14.3 Å². The van der Waals surface area contributed by atoms with Crippen LogP contribution in [0.3, 0.4) is 0 Å². The van der Waals surface area contributed by atoms with Gasteiger partial charge in [0, 0.05) is 28.1 Å². The van der Waals surface area contributed by atoms with E-state index in [4.69, 9.17) is 27.9 Å². The Balaban J connectivity index is 2.56. The first kappa shape index (κ1) is 14.9. The quantitative estimate of drug-likeness (QED) is 0.854. The molecule has 0 saturated heterocycles. The molecule has 0 spiro atoms. The molecule has 0 bridgehead atoms. The lowest BCUT2D eigenvalue weighted by Crippen LogP contribution is -2.34. The van der Waals surface area contributed by atoms with E-state index in [1.807, 2.05) is 0 Å². The van der Waals surface area contributed by atoms with Gasteiger partial charge in [-0.2, -0.15) is 0 Å². The molecule has 1 heterocycles. The van der Waals surface area contributed by atoms with Gasteiger partial charge in [-0.05, 0) is 30.7 Å². The predicted octanol–water partition coefficient (Wildman–Crippen LogP) is 3.04. The summed E-state index contributed by atoms with van der Waals surface area (Å²) in [6, 6.07) is 4.98. The van der Waals surface area contributed by atoms with Gasteiger partial charge in [-0.3, -0.25) is 4.79 Å². The van der Waals surface area contributed by atoms with E-state index in [1.54, 1.807) is 25.1 Å². The number of methoxy groups -OCH3 is 1. The number of halogens is 2. The minimum atomic E-state index is -0.483. The summed E-state index contributed by atoms with van der Waals surface area (Å²) in [5.41, 5.74) is 1.53. The number of hydrogen-bond acceptors (Lipinski definition) is 3.